The smallest absolute Gasteiger partial charge is 0.274 e. The summed E-state index contributed by atoms with van der Waals surface area (Å²) in [6, 6.07) is 8.77. The van der Waals surface area contributed by atoms with Crippen molar-refractivity contribution in [3.05, 3.63) is 35.9 Å². The van der Waals surface area contributed by atoms with Gasteiger partial charge in [0.05, 0.1) is 0 Å². The Morgan fingerprint density at radius 3 is 2.40 bits per heavy atom. The van der Waals surface area contributed by atoms with E-state index in [2.05, 4.69) is 4.72 Å². The van der Waals surface area contributed by atoms with Crippen LogP contribution in [0.3, 0.4) is 0 Å². The monoisotopic (exact) mass is 230 g/mol. The summed E-state index contributed by atoms with van der Waals surface area (Å²) in [6.07, 6.45) is 0. The Bertz CT molecular complexity index is 414. The second-order valence-corrected chi connectivity index (χ2v) is 4.88. The van der Waals surface area contributed by atoms with Crippen LogP contribution < -0.4 is 9.86 Å². The second kappa shape index (κ2) is 4.28. The fraction of sp³-hybridized carbons (Fsp3) is 0.333. The maximum Gasteiger partial charge on any atom is 0.274 e. The highest BCUT2D eigenvalue weighted by Crippen LogP contribution is 2.18. The molecular formula is C9H14N2O3S. The van der Waals surface area contributed by atoms with Crippen molar-refractivity contribution in [2.24, 2.45) is 5.14 Å². The molecule has 0 aliphatic rings. The molecule has 0 aliphatic carbocycles. The van der Waals surface area contributed by atoms with Gasteiger partial charge in [0.15, 0.2) is 0 Å². The Hall–Kier alpha value is -0.950. The summed E-state index contributed by atoms with van der Waals surface area (Å²) in [4.78, 5) is 0. The van der Waals surface area contributed by atoms with Gasteiger partial charge in [0.1, 0.15) is 5.60 Å². The molecule has 0 aromatic heterocycles. The van der Waals surface area contributed by atoms with E-state index in [4.69, 9.17) is 5.14 Å². The molecular weight excluding hydrogens is 216 g/mol. The molecule has 0 saturated heterocycles. The van der Waals surface area contributed by atoms with Crippen LogP contribution in [0.5, 0.6) is 0 Å². The third-order valence-electron chi connectivity index (χ3n) is 2.01. The van der Waals surface area contributed by atoms with Gasteiger partial charge in [-0.15, -0.1) is 0 Å². The molecule has 0 spiro atoms. The topological polar surface area (TPSA) is 92.4 Å². The van der Waals surface area contributed by atoms with Crippen molar-refractivity contribution in [3.8, 4) is 0 Å². The first-order chi connectivity index (χ1) is 6.81. The van der Waals surface area contributed by atoms with Crippen LogP contribution in [0.2, 0.25) is 0 Å². The van der Waals surface area contributed by atoms with Gasteiger partial charge in [-0.25, -0.2) is 5.14 Å². The minimum atomic E-state index is -3.78. The fourth-order valence-electron chi connectivity index (χ4n) is 1.14. The van der Waals surface area contributed by atoms with Crippen molar-refractivity contribution in [1.82, 2.24) is 4.72 Å². The summed E-state index contributed by atoms with van der Waals surface area (Å²) in [5.41, 5.74) is -0.644. The Morgan fingerprint density at radius 1 is 1.40 bits per heavy atom. The molecule has 1 unspecified atom stereocenters. The quantitative estimate of drug-likeness (QED) is 0.662. The molecule has 1 rings (SSSR count). The maximum atomic E-state index is 10.7. The summed E-state index contributed by atoms with van der Waals surface area (Å²) in [7, 11) is -3.78. The van der Waals surface area contributed by atoms with Crippen LogP contribution in [0.15, 0.2) is 30.3 Å². The minimum Gasteiger partial charge on any atom is -0.384 e. The van der Waals surface area contributed by atoms with Crippen LogP contribution in [0.25, 0.3) is 0 Å². The Labute approximate surface area is 89.1 Å². The molecule has 0 bridgehead atoms. The van der Waals surface area contributed by atoms with Crippen LogP contribution in [0, 0.1) is 0 Å². The Balaban J connectivity index is 2.76. The van der Waals surface area contributed by atoms with E-state index < -0.39 is 15.8 Å². The lowest BCUT2D eigenvalue weighted by Gasteiger charge is -2.23. The zero-order valence-electron chi connectivity index (χ0n) is 8.34. The molecule has 1 aromatic carbocycles. The van der Waals surface area contributed by atoms with Crippen molar-refractivity contribution in [1.29, 1.82) is 0 Å². The number of hydrogen-bond acceptors (Lipinski definition) is 3. The van der Waals surface area contributed by atoms with E-state index in [1.807, 2.05) is 6.07 Å². The number of rotatable bonds is 4. The van der Waals surface area contributed by atoms with Gasteiger partial charge in [-0.2, -0.15) is 13.1 Å². The van der Waals surface area contributed by atoms with Crippen molar-refractivity contribution in [2.75, 3.05) is 6.54 Å². The lowest BCUT2D eigenvalue weighted by Crippen LogP contribution is -2.41. The maximum absolute atomic E-state index is 10.7. The van der Waals surface area contributed by atoms with E-state index in [9.17, 15) is 13.5 Å². The van der Waals surface area contributed by atoms with Gasteiger partial charge in [0, 0.05) is 6.54 Å². The Morgan fingerprint density at radius 2 is 1.93 bits per heavy atom. The number of aliphatic hydroxyl groups is 1. The molecule has 0 saturated carbocycles. The molecule has 0 fully saturated rings. The van der Waals surface area contributed by atoms with E-state index in [0.29, 0.717) is 5.56 Å². The average molecular weight is 230 g/mol. The summed E-state index contributed by atoms with van der Waals surface area (Å²) in [5, 5.41) is 14.7. The molecule has 6 heteroatoms. The van der Waals surface area contributed by atoms with Crippen LogP contribution in [0.4, 0.5) is 0 Å². The minimum absolute atomic E-state index is 0.157. The standard InChI is InChI=1S/C9H14N2O3S/c1-9(12,7-11-15(10,13)14)8-5-3-2-4-6-8/h2-6,11-12H,7H2,1H3,(H2,10,13,14). The number of hydrogen-bond donors (Lipinski definition) is 3. The highest BCUT2D eigenvalue weighted by molar-refractivity contribution is 7.87. The third-order valence-corrected chi connectivity index (χ3v) is 2.56. The average Bonchev–Trinajstić information content (AvgIpc) is 2.16. The largest absolute Gasteiger partial charge is 0.384 e. The molecule has 0 amide bonds. The molecule has 0 radical (unpaired) electrons. The molecule has 5 nitrogen and oxygen atoms in total. The van der Waals surface area contributed by atoms with Crippen LogP contribution >= 0.6 is 0 Å². The van der Waals surface area contributed by atoms with Gasteiger partial charge in [0.25, 0.3) is 10.2 Å². The molecule has 0 heterocycles. The molecule has 4 N–H and O–H groups in total. The van der Waals surface area contributed by atoms with E-state index in [1.165, 1.54) is 6.92 Å². The van der Waals surface area contributed by atoms with Gasteiger partial charge in [-0.3, -0.25) is 0 Å². The van der Waals surface area contributed by atoms with Crippen molar-refractivity contribution < 1.29 is 13.5 Å². The van der Waals surface area contributed by atoms with Gasteiger partial charge in [0.2, 0.25) is 0 Å². The predicted octanol–water partition coefficient (Wildman–Crippen LogP) is -0.313. The molecule has 84 valence electrons. The van der Waals surface area contributed by atoms with Gasteiger partial charge in [-0.05, 0) is 12.5 Å². The molecule has 15 heavy (non-hydrogen) atoms. The first-order valence-corrected chi connectivity index (χ1v) is 5.91. The van der Waals surface area contributed by atoms with E-state index in [0.717, 1.165) is 0 Å². The molecule has 1 atom stereocenters. The van der Waals surface area contributed by atoms with Crippen molar-refractivity contribution >= 4 is 10.2 Å². The molecule has 1 aromatic rings. The highest BCUT2D eigenvalue weighted by atomic mass is 32.2. The van der Waals surface area contributed by atoms with Crippen LogP contribution in [-0.4, -0.2) is 20.1 Å². The van der Waals surface area contributed by atoms with Crippen molar-refractivity contribution in [3.63, 3.8) is 0 Å². The summed E-state index contributed by atoms with van der Waals surface area (Å²) < 4.78 is 23.4. The highest BCUT2D eigenvalue weighted by Gasteiger charge is 2.23. The number of benzene rings is 1. The summed E-state index contributed by atoms with van der Waals surface area (Å²) in [5.74, 6) is 0. The first-order valence-electron chi connectivity index (χ1n) is 4.36. The molecule has 0 aliphatic heterocycles. The fourth-order valence-corrected chi connectivity index (χ4v) is 1.62. The summed E-state index contributed by atoms with van der Waals surface area (Å²) in [6.45, 7) is 1.36. The zero-order valence-corrected chi connectivity index (χ0v) is 9.16. The summed E-state index contributed by atoms with van der Waals surface area (Å²) >= 11 is 0. The SMILES string of the molecule is CC(O)(CNS(N)(=O)=O)c1ccccc1. The van der Waals surface area contributed by atoms with E-state index >= 15 is 0 Å². The van der Waals surface area contributed by atoms with Crippen LogP contribution in [0.1, 0.15) is 12.5 Å². The lowest BCUT2D eigenvalue weighted by molar-refractivity contribution is 0.0627. The second-order valence-electron chi connectivity index (χ2n) is 3.51. The van der Waals surface area contributed by atoms with Gasteiger partial charge in [-0.1, -0.05) is 30.3 Å². The predicted molar refractivity (Wildman–Crippen MR) is 57.1 cm³/mol. The third kappa shape index (κ3) is 3.96. The Kier molecular flexibility index (Phi) is 3.46. The zero-order chi connectivity index (χ0) is 11.5. The lowest BCUT2D eigenvalue weighted by atomic mass is 9.97. The van der Waals surface area contributed by atoms with Crippen LogP contribution in [-0.2, 0) is 15.8 Å². The van der Waals surface area contributed by atoms with Gasteiger partial charge >= 0.3 is 0 Å². The van der Waals surface area contributed by atoms with E-state index in [1.54, 1.807) is 24.3 Å². The number of nitrogens with two attached hydrogens (primary N) is 1. The first kappa shape index (κ1) is 12.1. The van der Waals surface area contributed by atoms with Crippen molar-refractivity contribution in [2.45, 2.75) is 12.5 Å². The van der Waals surface area contributed by atoms with E-state index in [-0.39, 0.29) is 6.54 Å². The van der Waals surface area contributed by atoms with Gasteiger partial charge < -0.3 is 5.11 Å². The normalized spacial score (nSPS) is 15.9. The number of nitrogens with one attached hydrogen (secondary N) is 1.